The van der Waals surface area contributed by atoms with Gasteiger partial charge in [-0.1, -0.05) is 19.9 Å². The highest BCUT2D eigenvalue weighted by atomic mass is 16.7. The van der Waals surface area contributed by atoms with Crippen LogP contribution >= 0.6 is 0 Å². The van der Waals surface area contributed by atoms with Crippen molar-refractivity contribution in [2.24, 2.45) is 0 Å². The van der Waals surface area contributed by atoms with Gasteiger partial charge < -0.3 is 14.4 Å². The van der Waals surface area contributed by atoms with Gasteiger partial charge in [-0.15, -0.1) is 0 Å². The average Bonchev–Trinajstić information content (AvgIpc) is 3.30. The number of rotatable bonds is 4. The van der Waals surface area contributed by atoms with Gasteiger partial charge in [-0.2, -0.15) is 5.10 Å². The van der Waals surface area contributed by atoms with Crippen LogP contribution in [-0.2, 0) is 12.1 Å². The molecular weight excluding hydrogens is 392 g/mol. The summed E-state index contributed by atoms with van der Waals surface area (Å²) < 4.78 is 12.8. The summed E-state index contributed by atoms with van der Waals surface area (Å²) in [5, 5.41) is 5.56. The second-order valence-corrected chi connectivity index (χ2v) is 9.46. The first-order valence-electron chi connectivity index (χ1n) is 10.6. The Kier molecular flexibility index (Phi) is 5.15. The number of hydrogen-bond donors (Lipinski definition) is 0. The molecule has 7 heteroatoms. The molecule has 0 bridgehead atoms. The lowest BCUT2D eigenvalue weighted by molar-refractivity contribution is 0.0786. The third-order valence-electron chi connectivity index (χ3n) is 5.49. The van der Waals surface area contributed by atoms with Crippen molar-refractivity contribution < 1.29 is 14.3 Å². The van der Waals surface area contributed by atoms with Crippen molar-refractivity contribution in [2.75, 3.05) is 13.8 Å². The van der Waals surface area contributed by atoms with Crippen molar-refractivity contribution in [3.63, 3.8) is 0 Å². The number of hydrogen-bond acceptors (Lipinski definition) is 5. The summed E-state index contributed by atoms with van der Waals surface area (Å²) in [4.78, 5) is 20.2. The molecule has 1 aliphatic rings. The number of carbonyl (C=O) groups excluding carboxylic acids is 1. The molecule has 31 heavy (non-hydrogen) atoms. The zero-order chi connectivity index (χ0) is 22.5. The summed E-state index contributed by atoms with van der Waals surface area (Å²) in [7, 11) is 1.82. The second-order valence-electron chi connectivity index (χ2n) is 9.46. The van der Waals surface area contributed by atoms with E-state index in [4.69, 9.17) is 19.6 Å². The van der Waals surface area contributed by atoms with Gasteiger partial charge in [-0.3, -0.25) is 4.79 Å². The fraction of sp³-hybridized carbons (Fsp3) is 0.458. The van der Waals surface area contributed by atoms with Gasteiger partial charge in [0.15, 0.2) is 17.1 Å². The van der Waals surface area contributed by atoms with E-state index in [1.807, 2.05) is 42.9 Å². The van der Waals surface area contributed by atoms with Gasteiger partial charge >= 0.3 is 0 Å². The van der Waals surface area contributed by atoms with Gasteiger partial charge in [-0.05, 0) is 57.4 Å². The van der Waals surface area contributed by atoms with E-state index in [9.17, 15) is 4.79 Å². The first-order valence-corrected chi connectivity index (χ1v) is 10.6. The Morgan fingerprint density at radius 2 is 1.90 bits per heavy atom. The van der Waals surface area contributed by atoms with E-state index in [1.165, 1.54) is 0 Å². The maximum absolute atomic E-state index is 13.6. The van der Waals surface area contributed by atoms with E-state index < -0.39 is 0 Å². The molecule has 1 aliphatic heterocycles. The molecule has 0 atom stereocenters. The van der Waals surface area contributed by atoms with Crippen LogP contribution in [0.4, 0.5) is 0 Å². The molecule has 3 heterocycles. The summed E-state index contributed by atoms with van der Waals surface area (Å²) in [5.74, 6) is 1.59. The normalized spacial score (nSPS) is 13.3. The van der Waals surface area contributed by atoms with Gasteiger partial charge in [0, 0.05) is 19.3 Å². The largest absolute Gasteiger partial charge is 0.454 e. The molecule has 164 valence electrons. The van der Waals surface area contributed by atoms with Crippen LogP contribution in [0.3, 0.4) is 0 Å². The first-order chi connectivity index (χ1) is 14.6. The number of ether oxygens (including phenoxy) is 2. The van der Waals surface area contributed by atoms with E-state index in [0.717, 1.165) is 33.7 Å². The van der Waals surface area contributed by atoms with Crippen molar-refractivity contribution in [2.45, 2.75) is 59.5 Å². The molecule has 3 aromatic rings. The van der Waals surface area contributed by atoms with Crippen molar-refractivity contribution in [3.8, 4) is 11.5 Å². The summed E-state index contributed by atoms with van der Waals surface area (Å²) in [6.45, 7) is 13.1. The van der Waals surface area contributed by atoms with E-state index in [-0.39, 0.29) is 24.2 Å². The van der Waals surface area contributed by atoms with Crippen LogP contribution in [0.25, 0.3) is 11.0 Å². The number of nitrogens with zero attached hydrogens (tertiary/aromatic N) is 4. The van der Waals surface area contributed by atoms with Gasteiger partial charge in [0.25, 0.3) is 5.91 Å². The second kappa shape index (κ2) is 7.55. The number of pyridine rings is 1. The molecule has 0 unspecified atom stereocenters. The van der Waals surface area contributed by atoms with E-state index in [2.05, 4.69) is 34.6 Å². The van der Waals surface area contributed by atoms with Crippen molar-refractivity contribution in [1.29, 1.82) is 0 Å². The predicted molar refractivity (Wildman–Crippen MR) is 120 cm³/mol. The molecule has 0 saturated carbocycles. The molecule has 1 aromatic carbocycles. The highest BCUT2D eigenvalue weighted by Crippen LogP contribution is 2.33. The van der Waals surface area contributed by atoms with Gasteiger partial charge in [0.05, 0.1) is 22.2 Å². The number of amides is 1. The molecule has 0 saturated heterocycles. The minimum atomic E-state index is -0.242. The highest BCUT2D eigenvalue weighted by Gasteiger charge is 2.26. The topological polar surface area (TPSA) is 69.5 Å². The average molecular weight is 423 g/mol. The maximum Gasteiger partial charge on any atom is 0.254 e. The molecule has 0 aliphatic carbocycles. The Bertz CT molecular complexity index is 1160. The number of aryl methyl sites for hydroxylation is 1. The number of aromatic nitrogens is 3. The molecule has 0 spiro atoms. The Morgan fingerprint density at radius 1 is 1.19 bits per heavy atom. The predicted octanol–water partition coefficient (Wildman–Crippen LogP) is 4.62. The standard InChI is InChI=1S/C24H30N4O3/c1-14(2)18-11-17(21-15(3)26-28(22(21)25-18)24(4,5)6)23(29)27(7)12-16-8-9-19-20(10-16)31-13-30-19/h8-11,14H,12-13H2,1-7H3. The molecular formula is C24H30N4O3. The Morgan fingerprint density at radius 3 is 2.58 bits per heavy atom. The SMILES string of the molecule is Cc1nn(C(C)(C)C)c2nc(C(C)C)cc(C(=O)N(C)Cc3ccc4c(c3)OCO4)c12. The summed E-state index contributed by atoms with van der Waals surface area (Å²) in [6, 6.07) is 7.70. The Hall–Kier alpha value is -3.09. The maximum atomic E-state index is 13.6. The quantitative estimate of drug-likeness (QED) is 0.614. The van der Waals surface area contributed by atoms with Crippen LogP contribution in [-0.4, -0.2) is 39.4 Å². The van der Waals surface area contributed by atoms with E-state index >= 15 is 0 Å². The van der Waals surface area contributed by atoms with Crippen molar-refractivity contribution >= 4 is 16.9 Å². The van der Waals surface area contributed by atoms with Crippen LogP contribution in [0.1, 0.15) is 67.8 Å². The lowest BCUT2D eigenvalue weighted by Crippen LogP contribution is -2.27. The first kappa shape index (κ1) is 21.2. The zero-order valence-corrected chi connectivity index (χ0v) is 19.3. The zero-order valence-electron chi connectivity index (χ0n) is 19.3. The minimum Gasteiger partial charge on any atom is -0.454 e. The van der Waals surface area contributed by atoms with Gasteiger partial charge in [0.1, 0.15) is 0 Å². The number of carbonyl (C=O) groups is 1. The minimum absolute atomic E-state index is 0.0523. The number of fused-ring (bicyclic) bond motifs is 2. The third kappa shape index (κ3) is 3.84. The fourth-order valence-electron chi connectivity index (χ4n) is 3.83. The fourth-order valence-corrected chi connectivity index (χ4v) is 3.83. The van der Waals surface area contributed by atoms with Crippen LogP contribution < -0.4 is 9.47 Å². The van der Waals surface area contributed by atoms with E-state index in [0.29, 0.717) is 17.9 Å². The monoisotopic (exact) mass is 422 g/mol. The Labute approximate surface area is 183 Å². The third-order valence-corrected chi connectivity index (χ3v) is 5.49. The van der Waals surface area contributed by atoms with Gasteiger partial charge in [-0.25, -0.2) is 9.67 Å². The molecule has 0 N–H and O–H groups in total. The van der Waals surface area contributed by atoms with Crippen LogP contribution in [0.15, 0.2) is 24.3 Å². The van der Waals surface area contributed by atoms with Crippen LogP contribution in [0.2, 0.25) is 0 Å². The molecule has 7 nitrogen and oxygen atoms in total. The lowest BCUT2D eigenvalue weighted by atomic mass is 10.0. The lowest BCUT2D eigenvalue weighted by Gasteiger charge is -2.21. The van der Waals surface area contributed by atoms with Crippen molar-refractivity contribution in [1.82, 2.24) is 19.7 Å². The van der Waals surface area contributed by atoms with E-state index in [1.54, 1.807) is 4.90 Å². The Balaban J connectivity index is 1.75. The van der Waals surface area contributed by atoms with Crippen LogP contribution in [0.5, 0.6) is 11.5 Å². The smallest absolute Gasteiger partial charge is 0.254 e. The summed E-state index contributed by atoms with van der Waals surface area (Å²) in [5.41, 5.74) is 3.84. The highest BCUT2D eigenvalue weighted by molar-refractivity contribution is 6.06. The molecule has 1 amide bonds. The van der Waals surface area contributed by atoms with Gasteiger partial charge in [0.2, 0.25) is 6.79 Å². The molecule has 0 fully saturated rings. The summed E-state index contributed by atoms with van der Waals surface area (Å²) >= 11 is 0. The van der Waals surface area contributed by atoms with Crippen LogP contribution in [0, 0.1) is 6.92 Å². The summed E-state index contributed by atoms with van der Waals surface area (Å²) in [6.07, 6.45) is 0. The molecule has 0 radical (unpaired) electrons. The van der Waals surface area contributed by atoms with Crippen molar-refractivity contribution in [3.05, 3.63) is 46.8 Å². The molecule has 4 rings (SSSR count). The number of benzene rings is 1. The molecule has 2 aromatic heterocycles.